The Balaban J connectivity index is 2.04. The summed E-state index contributed by atoms with van der Waals surface area (Å²) in [5.74, 6) is -0.172. The molecule has 0 radical (unpaired) electrons. The van der Waals surface area contributed by atoms with Gasteiger partial charge in [0.05, 0.1) is 25.4 Å². The van der Waals surface area contributed by atoms with E-state index in [0.29, 0.717) is 6.42 Å². The molecule has 9 nitrogen and oxygen atoms in total. The highest BCUT2D eigenvalue weighted by atomic mass is 16.7. The summed E-state index contributed by atoms with van der Waals surface area (Å²) in [4.78, 5) is 13.0. The van der Waals surface area contributed by atoms with E-state index >= 15 is 0 Å². The van der Waals surface area contributed by atoms with Gasteiger partial charge in [0.25, 0.3) is 0 Å². The summed E-state index contributed by atoms with van der Waals surface area (Å²) >= 11 is 0. The first-order valence-corrected chi connectivity index (χ1v) is 29.9. The molecule has 1 fully saturated rings. The van der Waals surface area contributed by atoms with E-state index < -0.39 is 49.5 Å². The monoisotopic (exact) mass is 966 g/mol. The minimum Gasteiger partial charge on any atom is -0.394 e. The number of aliphatic hydroxyl groups excluding tert-OH is 5. The molecule has 1 aliphatic heterocycles. The van der Waals surface area contributed by atoms with Gasteiger partial charge in [0.15, 0.2) is 6.29 Å². The highest BCUT2D eigenvalue weighted by molar-refractivity contribution is 5.76. The summed E-state index contributed by atoms with van der Waals surface area (Å²) in [7, 11) is 0. The first kappa shape index (κ1) is 64.9. The van der Waals surface area contributed by atoms with Gasteiger partial charge in [-0.1, -0.05) is 289 Å². The van der Waals surface area contributed by atoms with Crippen LogP contribution in [0.4, 0.5) is 0 Å². The third-order valence-corrected chi connectivity index (χ3v) is 14.6. The van der Waals surface area contributed by atoms with Gasteiger partial charge >= 0.3 is 0 Å². The van der Waals surface area contributed by atoms with Crippen LogP contribution in [-0.4, -0.2) is 87.5 Å². The zero-order chi connectivity index (χ0) is 49.4. The maximum atomic E-state index is 13.0. The number of rotatable bonds is 52. The largest absolute Gasteiger partial charge is 0.394 e. The Bertz CT molecular complexity index is 1080. The minimum atomic E-state index is -1.56. The van der Waals surface area contributed by atoms with Crippen LogP contribution < -0.4 is 5.32 Å². The second kappa shape index (κ2) is 49.5. The van der Waals surface area contributed by atoms with Gasteiger partial charge in [0, 0.05) is 6.42 Å². The van der Waals surface area contributed by atoms with Crippen LogP contribution in [0, 0.1) is 0 Å². The summed E-state index contributed by atoms with van der Waals surface area (Å²) in [6.45, 7) is 3.79. The average molecular weight is 967 g/mol. The van der Waals surface area contributed by atoms with Gasteiger partial charge in [-0.2, -0.15) is 0 Å². The van der Waals surface area contributed by atoms with E-state index in [9.17, 15) is 30.3 Å². The quantitative estimate of drug-likeness (QED) is 0.0261. The van der Waals surface area contributed by atoms with E-state index in [4.69, 9.17) is 9.47 Å². The van der Waals surface area contributed by atoms with Crippen molar-refractivity contribution in [1.29, 1.82) is 0 Å². The number of allylic oxidation sites excluding steroid dienone is 1. The van der Waals surface area contributed by atoms with Crippen LogP contribution >= 0.6 is 0 Å². The lowest BCUT2D eigenvalue weighted by molar-refractivity contribution is -0.302. The molecule has 1 amide bonds. The normalized spacial score (nSPS) is 19.5. The molecule has 404 valence electrons. The van der Waals surface area contributed by atoms with Crippen molar-refractivity contribution >= 4 is 5.91 Å². The van der Waals surface area contributed by atoms with Gasteiger partial charge in [0.1, 0.15) is 24.4 Å². The number of hydrogen-bond donors (Lipinski definition) is 6. The fourth-order valence-electron chi connectivity index (χ4n) is 9.87. The van der Waals surface area contributed by atoms with Gasteiger partial charge in [-0.05, 0) is 19.3 Å². The molecule has 0 saturated carbocycles. The van der Waals surface area contributed by atoms with Gasteiger partial charge in [-0.15, -0.1) is 0 Å². The van der Waals surface area contributed by atoms with Gasteiger partial charge in [0.2, 0.25) is 5.91 Å². The molecule has 68 heavy (non-hydrogen) atoms. The van der Waals surface area contributed by atoms with Crippen molar-refractivity contribution in [3.05, 3.63) is 12.2 Å². The molecule has 1 rings (SSSR count). The Labute approximate surface area is 420 Å². The minimum absolute atomic E-state index is 0.172. The lowest BCUT2D eigenvalue weighted by atomic mass is 9.99. The van der Waals surface area contributed by atoms with E-state index in [-0.39, 0.29) is 12.5 Å². The van der Waals surface area contributed by atoms with Crippen LogP contribution in [0.25, 0.3) is 0 Å². The highest BCUT2D eigenvalue weighted by Gasteiger charge is 2.44. The Kier molecular flexibility index (Phi) is 47.3. The van der Waals surface area contributed by atoms with E-state index in [2.05, 4.69) is 19.2 Å². The van der Waals surface area contributed by atoms with Crippen molar-refractivity contribution in [3.8, 4) is 0 Å². The fourth-order valence-corrected chi connectivity index (χ4v) is 9.87. The third kappa shape index (κ3) is 38.6. The van der Waals surface area contributed by atoms with E-state index in [0.717, 1.165) is 38.5 Å². The Morgan fingerprint density at radius 1 is 0.485 bits per heavy atom. The van der Waals surface area contributed by atoms with Crippen LogP contribution in [0.1, 0.15) is 303 Å². The van der Waals surface area contributed by atoms with Gasteiger partial charge < -0.3 is 40.3 Å². The Hall–Kier alpha value is -1.07. The fraction of sp³-hybridized carbons (Fsp3) is 0.949. The van der Waals surface area contributed by atoms with Crippen LogP contribution in [0.15, 0.2) is 12.2 Å². The van der Waals surface area contributed by atoms with E-state index in [1.54, 1.807) is 6.08 Å². The number of aliphatic hydroxyl groups is 5. The number of carbonyl (C=O) groups excluding carboxylic acids is 1. The molecule has 0 aromatic carbocycles. The SMILES string of the molecule is CCCCCCCCCCC/C=C/C(O)C(COC1OC(CO)C(O)C(O)C1O)NC(=O)CCCCCCCCCCCCCCCCCCCCCCCCCCCCCCCCCCCC. The maximum Gasteiger partial charge on any atom is 0.220 e. The zero-order valence-electron chi connectivity index (χ0n) is 44.9. The standard InChI is InChI=1S/C59H115NO8/c1-3-5-7-9-11-13-15-16-17-18-19-20-21-22-23-24-25-26-27-28-29-30-31-32-33-34-35-36-37-39-41-43-45-47-49-55(63)60-52(51-67-59-58(66)57(65)56(64)54(50-61)68-59)53(62)48-46-44-42-40-38-14-12-10-8-6-4-2/h46,48,52-54,56-59,61-62,64-66H,3-45,47,49-51H2,1-2H3,(H,60,63)/b48-46+. The number of unbranched alkanes of at least 4 members (excludes halogenated alkanes) is 42. The van der Waals surface area contributed by atoms with Crippen LogP contribution in [-0.2, 0) is 14.3 Å². The molecule has 1 saturated heterocycles. The summed E-state index contributed by atoms with van der Waals surface area (Å²) < 4.78 is 11.2. The molecule has 6 N–H and O–H groups in total. The number of carbonyl (C=O) groups is 1. The average Bonchev–Trinajstić information content (AvgIpc) is 3.34. The summed E-state index contributed by atoms with van der Waals surface area (Å²) in [6.07, 6.45) is 54.6. The molecule has 7 atom stereocenters. The van der Waals surface area contributed by atoms with E-state index in [1.807, 2.05) is 6.08 Å². The number of amides is 1. The summed E-state index contributed by atoms with van der Waals surface area (Å²) in [5.41, 5.74) is 0. The molecule has 0 spiro atoms. The topological polar surface area (TPSA) is 149 Å². The maximum absolute atomic E-state index is 13.0. The molecular formula is C59H115NO8. The second-order valence-electron chi connectivity index (χ2n) is 21.2. The molecule has 9 heteroatoms. The second-order valence-corrected chi connectivity index (χ2v) is 21.2. The van der Waals surface area contributed by atoms with Crippen LogP contribution in [0.2, 0.25) is 0 Å². The third-order valence-electron chi connectivity index (χ3n) is 14.6. The summed E-state index contributed by atoms with van der Waals surface area (Å²) in [5, 5.41) is 54.3. The molecule has 0 bridgehead atoms. The number of nitrogens with one attached hydrogen (secondary N) is 1. The molecule has 1 aliphatic rings. The zero-order valence-corrected chi connectivity index (χ0v) is 44.9. The molecular weight excluding hydrogens is 851 g/mol. The number of ether oxygens (including phenoxy) is 2. The molecule has 1 heterocycles. The van der Waals surface area contributed by atoms with Gasteiger partial charge in [-0.3, -0.25) is 4.79 Å². The molecule has 0 aliphatic carbocycles. The first-order chi connectivity index (χ1) is 33.3. The highest BCUT2D eigenvalue weighted by Crippen LogP contribution is 2.23. The van der Waals surface area contributed by atoms with Crippen molar-refractivity contribution < 1.29 is 39.8 Å². The molecule has 7 unspecified atom stereocenters. The van der Waals surface area contributed by atoms with Crippen molar-refractivity contribution in [2.24, 2.45) is 0 Å². The van der Waals surface area contributed by atoms with E-state index in [1.165, 1.54) is 244 Å². The first-order valence-electron chi connectivity index (χ1n) is 29.9. The van der Waals surface area contributed by atoms with Crippen LogP contribution in [0.3, 0.4) is 0 Å². The Morgan fingerprint density at radius 2 is 0.809 bits per heavy atom. The van der Waals surface area contributed by atoms with Crippen molar-refractivity contribution in [3.63, 3.8) is 0 Å². The van der Waals surface area contributed by atoms with Crippen molar-refractivity contribution in [1.82, 2.24) is 5.32 Å². The predicted octanol–water partition coefficient (Wildman–Crippen LogP) is 14.8. The van der Waals surface area contributed by atoms with Crippen molar-refractivity contribution in [2.45, 2.75) is 346 Å². The lowest BCUT2D eigenvalue weighted by Gasteiger charge is -2.40. The predicted molar refractivity (Wildman–Crippen MR) is 286 cm³/mol. The molecule has 0 aromatic rings. The van der Waals surface area contributed by atoms with Gasteiger partial charge in [-0.25, -0.2) is 0 Å². The number of hydrogen-bond acceptors (Lipinski definition) is 8. The van der Waals surface area contributed by atoms with Crippen LogP contribution in [0.5, 0.6) is 0 Å². The lowest BCUT2D eigenvalue weighted by Crippen LogP contribution is -2.60. The Morgan fingerprint density at radius 3 is 1.15 bits per heavy atom. The smallest absolute Gasteiger partial charge is 0.220 e. The van der Waals surface area contributed by atoms with Crippen molar-refractivity contribution in [2.75, 3.05) is 13.2 Å². The summed E-state index contributed by atoms with van der Waals surface area (Å²) in [6, 6.07) is -0.799. The molecule has 0 aromatic heterocycles.